The van der Waals surface area contributed by atoms with Crippen molar-refractivity contribution in [1.82, 2.24) is 15.3 Å². The van der Waals surface area contributed by atoms with Gasteiger partial charge in [0, 0.05) is 41.9 Å². The molecule has 0 atom stereocenters. The number of fused-ring (bicyclic) bond motifs is 1. The maximum absolute atomic E-state index is 12.7. The number of carbonyl (C=O) groups excluding carboxylic acids is 2. The number of amides is 1. The molecular weight excluding hydrogens is 422 g/mol. The summed E-state index contributed by atoms with van der Waals surface area (Å²) in [6, 6.07) is 19.9. The van der Waals surface area contributed by atoms with Gasteiger partial charge in [0.2, 0.25) is 0 Å². The lowest BCUT2D eigenvalue weighted by Gasteiger charge is -2.13. The first-order valence-electron chi connectivity index (χ1n) is 11.8. The first kappa shape index (κ1) is 23.3. The van der Waals surface area contributed by atoms with E-state index in [1.807, 2.05) is 43.3 Å². The van der Waals surface area contributed by atoms with Crippen molar-refractivity contribution < 1.29 is 9.59 Å². The molecule has 0 radical (unpaired) electrons. The van der Waals surface area contributed by atoms with E-state index >= 15 is 0 Å². The van der Waals surface area contributed by atoms with Crippen molar-refractivity contribution in [1.29, 1.82) is 0 Å². The van der Waals surface area contributed by atoms with E-state index in [9.17, 15) is 9.59 Å². The van der Waals surface area contributed by atoms with Crippen molar-refractivity contribution in [2.24, 2.45) is 0 Å². The molecule has 0 aliphatic rings. The van der Waals surface area contributed by atoms with Crippen molar-refractivity contribution in [3.8, 4) is 11.1 Å². The van der Waals surface area contributed by atoms with Crippen LogP contribution in [0, 0.1) is 0 Å². The summed E-state index contributed by atoms with van der Waals surface area (Å²) in [5, 5.41) is 3.85. The van der Waals surface area contributed by atoms with Gasteiger partial charge in [0.05, 0.1) is 5.52 Å². The van der Waals surface area contributed by atoms with Crippen LogP contribution < -0.4 is 5.32 Å². The SMILES string of the molecule is CCCCNC(=O)c1ccc(-c2ccc3ncc(C(=O)CC)c(Cc4ccccc4)c3c2)cn1. The van der Waals surface area contributed by atoms with Crippen LogP contribution in [-0.2, 0) is 6.42 Å². The maximum atomic E-state index is 12.7. The number of pyridine rings is 2. The van der Waals surface area contributed by atoms with Crippen LogP contribution in [0.4, 0.5) is 0 Å². The molecule has 0 aliphatic heterocycles. The van der Waals surface area contributed by atoms with Crippen LogP contribution in [0.15, 0.2) is 73.1 Å². The molecule has 5 heteroatoms. The van der Waals surface area contributed by atoms with Crippen LogP contribution in [0.1, 0.15) is 65.1 Å². The number of hydrogen-bond donors (Lipinski definition) is 1. The fraction of sp³-hybridized carbons (Fsp3) is 0.241. The fourth-order valence-corrected chi connectivity index (χ4v) is 4.02. The summed E-state index contributed by atoms with van der Waals surface area (Å²) in [5.41, 5.74) is 5.94. The van der Waals surface area contributed by atoms with Gasteiger partial charge in [-0.15, -0.1) is 0 Å². The molecule has 1 N–H and O–H groups in total. The number of rotatable bonds is 9. The van der Waals surface area contributed by atoms with Crippen molar-refractivity contribution in [2.45, 2.75) is 39.5 Å². The van der Waals surface area contributed by atoms with Crippen LogP contribution in [0.25, 0.3) is 22.0 Å². The van der Waals surface area contributed by atoms with Gasteiger partial charge in [0.15, 0.2) is 5.78 Å². The van der Waals surface area contributed by atoms with Crippen molar-refractivity contribution in [3.63, 3.8) is 0 Å². The smallest absolute Gasteiger partial charge is 0.269 e. The first-order chi connectivity index (χ1) is 16.6. The summed E-state index contributed by atoms with van der Waals surface area (Å²) in [6.45, 7) is 4.62. The molecule has 0 aliphatic carbocycles. The Labute approximate surface area is 200 Å². The summed E-state index contributed by atoms with van der Waals surface area (Å²) in [6.07, 6.45) is 6.49. The van der Waals surface area contributed by atoms with Gasteiger partial charge in [-0.3, -0.25) is 19.6 Å². The molecule has 0 bridgehead atoms. The van der Waals surface area contributed by atoms with Gasteiger partial charge in [0.25, 0.3) is 5.91 Å². The predicted molar refractivity (Wildman–Crippen MR) is 136 cm³/mol. The highest BCUT2D eigenvalue weighted by Crippen LogP contribution is 2.29. The average molecular weight is 452 g/mol. The number of Topliss-reactive ketones (excluding diaryl/α,β-unsaturated/α-hetero) is 1. The number of ketones is 1. The molecule has 2 aromatic carbocycles. The monoisotopic (exact) mass is 451 g/mol. The second-order valence-electron chi connectivity index (χ2n) is 8.36. The third kappa shape index (κ3) is 5.20. The van der Waals surface area contributed by atoms with Crippen LogP contribution in [0.2, 0.25) is 0 Å². The molecule has 34 heavy (non-hydrogen) atoms. The summed E-state index contributed by atoms with van der Waals surface area (Å²) in [4.78, 5) is 34.0. The Morgan fingerprint density at radius 1 is 0.882 bits per heavy atom. The largest absolute Gasteiger partial charge is 0.351 e. The highest BCUT2D eigenvalue weighted by molar-refractivity contribution is 6.02. The van der Waals surface area contributed by atoms with Crippen LogP contribution in [0.5, 0.6) is 0 Å². The molecule has 172 valence electrons. The Bertz CT molecular complexity index is 1300. The van der Waals surface area contributed by atoms with Crippen LogP contribution >= 0.6 is 0 Å². The molecule has 4 aromatic rings. The van der Waals surface area contributed by atoms with E-state index in [1.54, 1.807) is 18.5 Å². The van der Waals surface area contributed by atoms with Crippen molar-refractivity contribution in [3.05, 3.63) is 95.4 Å². The van der Waals surface area contributed by atoms with E-state index in [0.29, 0.717) is 30.6 Å². The van der Waals surface area contributed by atoms with E-state index in [-0.39, 0.29) is 11.7 Å². The van der Waals surface area contributed by atoms with Gasteiger partial charge < -0.3 is 5.32 Å². The van der Waals surface area contributed by atoms with Crippen LogP contribution in [-0.4, -0.2) is 28.2 Å². The number of nitrogens with zero attached hydrogens (tertiary/aromatic N) is 2. The Balaban J connectivity index is 1.72. The number of carbonyl (C=O) groups is 2. The van der Waals surface area contributed by atoms with E-state index in [1.165, 1.54) is 0 Å². The molecular formula is C29H29N3O2. The van der Waals surface area contributed by atoms with Gasteiger partial charge in [-0.1, -0.05) is 62.7 Å². The highest BCUT2D eigenvalue weighted by Gasteiger charge is 2.16. The van der Waals surface area contributed by atoms with E-state index in [0.717, 1.165) is 46.0 Å². The molecule has 0 unspecified atom stereocenters. The zero-order valence-corrected chi connectivity index (χ0v) is 19.7. The lowest BCUT2D eigenvalue weighted by atomic mass is 9.92. The lowest BCUT2D eigenvalue weighted by molar-refractivity contribution is 0.0946. The van der Waals surface area contributed by atoms with E-state index < -0.39 is 0 Å². The molecule has 0 fully saturated rings. The van der Waals surface area contributed by atoms with Gasteiger partial charge in [-0.25, -0.2) is 0 Å². The molecule has 4 rings (SSSR count). The molecule has 0 spiro atoms. The molecule has 0 saturated heterocycles. The summed E-state index contributed by atoms with van der Waals surface area (Å²) in [7, 11) is 0. The Hall–Kier alpha value is -3.86. The molecule has 2 aromatic heterocycles. The third-order valence-electron chi connectivity index (χ3n) is 5.97. The molecule has 1 amide bonds. The number of benzene rings is 2. The topological polar surface area (TPSA) is 72.0 Å². The maximum Gasteiger partial charge on any atom is 0.269 e. The standard InChI is InChI=1S/C29H29N3O2/c1-3-5-15-30-29(34)27-14-12-22(18-31-27)21-11-13-26-24(17-21)23(16-20-9-7-6-8-10-20)25(19-32-26)28(33)4-2/h6-14,17-19H,3-5,15-16H2,1-2H3,(H,30,34). The fourth-order valence-electron chi connectivity index (χ4n) is 4.02. The van der Waals surface area contributed by atoms with Crippen molar-refractivity contribution in [2.75, 3.05) is 6.54 Å². The molecule has 0 saturated carbocycles. The van der Waals surface area contributed by atoms with Crippen LogP contribution in [0.3, 0.4) is 0 Å². The second kappa shape index (κ2) is 10.8. The predicted octanol–water partition coefficient (Wildman–Crippen LogP) is 6.01. The van der Waals surface area contributed by atoms with Gasteiger partial charge >= 0.3 is 0 Å². The second-order valence-corrected chi connectivity index (χ2v) is 8.36. The minimum absolute atomic E-state index is 0.0887. The first-order valence-corrected chi connectivity index (χ1v) is 11.8. The normalized spacial score (nSPS) is 10.9. The number of unbranched alkanes of at least 4 members (excludes halogenated alkanes) is 1. The van der Waals surface area contributed by atoms with Gasteiger partial charge in [-0.05, 0) is 47.7 Å². The quantitative estimate of drug-likeness (QED) is 0.250. The summed E-state index contributed by atoms with van der Waals surface area (Å²) in [5.74, 6) is -0.0681. The Kier molecular flexibility index (Phi) is 7.43. The van der Waals surface area contributed by atoms with E-state index in [2.05, 4.69) is 40.4 Å². The Morgan fingerprint density at radius 2 is 1.68 bits per heavy atom. The summed E-state index contributed by atoms with van der Waals surface area (Å²) >= 11 is 0. The molecule has 5 nitrogen and oxygen atoms in total. The minimum atomic E-state index is -0.157. The minimum Gasteiger partial charge on any atom is -0.351 e. The zero-order valence-electron chi connectivity index (χ0n) is 19.7. The number of hydrogen-bond acceptors (Lipinski definition) is 4. The van der Waals surface area contributed by atoms with Gasteiger partial charge in [0.1, 0.15) is 5.69 Å². The number of nitrogens with one attached hydrogen (secondary N) is 1. The lowest BCUT2D eigenvalue weighted by Crippen LogP contribution is -2.25. The summed E-state index contributed by atoms with van der Waals surface area (Å²) < 4.78 is 0. The highest BCUT2D eigenvalue weighted by atomic mass is 16.1. The third-order valence-corrected chi connectivity index (χ3v) is 5.97. The molecule has 2 heterocycles. The van der Waals surface area contributed by atoms with Gasteiger partial charge in [-0.2, -0.15) is 0 Å². The average Bonchev–Trinajstić information content (AvgIpc) is 2.89. The Morgan fingerprint density at radius 3 is 2.38 bits per heavy atom. The van der Waals surface area contributed by atoms with E-state index in [4.69, 9.17) is 0 Å². The zero-order chi connectivity index (χ0) is 23.9. The number of aromatic nitrogens is 2. The van der Waals surface area contributed by atoms with Crippen molar-refractivity contribution >= 4 is 22.6 Å².